The van der Waals surface area contributed by atoms with Gasteiger partial charge in [-0.25, -0.2) is 13.2 Å². The van der Waals surface area contributed by atoms with Crippen LogP contribution in [0.3, 0.4) is 0 Å². The number of nitrogens with zero attached hydrogens (tertiary/aromatic N) is 1. The van der Waals surface area contributed by atoms with E-state index in [9.17, 15) is 18.0 Å². The first-order chi connectivity index (χ1) is 15.5. The highest BCUT2D eigenvalue weighted by atomic mass is 32.2. The zero-order valence-electron chi connectivity index (χ0n) is 16.8. The smallest absolute Gasteiger partial charge is 0.315 e. The van der Waals surface area contributed by atoms with E-state index in [1.165, 1.54) is 6.07 Å². The Bertz CT molecular complexity index is 1410. The molecule has 1 aliphatic rings. The molecule has 3 amide bonds. The van der Waals surface area contributed by atoms with E-state index in [-0.39, 0.29) is 4.90 Å². The van der Waals surface area contributed by atoms with Crippen LogP contribution >= 0.6 is 0 Å². The van der Waals surface area contributed by atoms with Crippen molar-refractivity contribution in [1.29, 1.82) is 0 Å². The van der Waals surface area contributed by atoms with Crippen molar-refractivity contribution in [3.8, 4) is 0 Å². The molecule has 7 heteroatoms. The fourth-order valence-corrected chi connectivity index (χ4v) is 5.71. The van der Waals surface area contributed by atoms with Gasteiger partial charge in [-0.15, -0.1) is 4.31 Å². The second kappa shape index (κ2) is 7.32. The molecule has 1 saturated heterocycles. The minimum atomic E-state index is -4.48. The maximum Gasteiger partial charge on any atom is 0.339 e. The van der Waals surface area contributed by atoms with Gasteiger partial charge in [0, 0.05) is 5.39 Å². The van der Waals surface area contributed by atoms with Crippen LogP contribution in [0.1, 0.15) is 11.1 Å². The van der Waals surface area contributed by atoms with Gasteiger partial charge in [0.05, 0.1) is 4.90 Å². The molecule has 0 unspecified atom stereocenters. The largest absolute Gasteiger partial charge is 0.339 e. The van der Waals surface area contributed by atoms with Gasteiger partial charge in [0.2, 0.25) is 0 Å². The second-order valence-corrected chi connectivity index (χ2v) is 9.22. The van der Waals surface area contributed by atoms with Crippen LogP contribution in [0.15, 0.2) is 108 Å². The lowest BCUT2D eigenvalue weighted by molar-refractivity contribution is -0.126. The van der Waals surface area contributed by atoms with Crippen molar-refractivity contribution in [2.45, 2.75) is 10.4 Å². The van der Waals surface area contributed by atoms with E-state index in [1.54, 1.807) is 97.1 Å². The lowest BCUT2D eigenvalue weighted by atomic mass is 9.83. The van der Waals surface area contributed by atoms with Crippen LogP contribution in [-0.4, -0.2) is 24.7 Å². The van der Waals surface area contributed by atoms with E-state index in [1.807, 2.05) is 0 Å². The fourth-order valence-electron chi connectivity index (χ4n) is 4.18. The van der Waals surface area contributed by atoms with Crippen molar-refractivity contribution in [3.05, 3.63) is 114 Å². The Kier molecular flexibility index (Phi) is 4.56. The van der Waals surface area contributed by atoms with Crippen LogP contribution in [-0.2, 0) is 20.4 Å². The highest BCUT2D eigenvalue weighted by Gasteiger charge is 2.58. The molecule has 5 rings (SSSR count). The van der Waals surface area contributed by atoms with E-state index in [4.69, 9.17) is 0 Å². The molecule has 158 valence electrons. The summed E-state index contributed by atoms with van der Waals surface area (Å²) in [6, 6.07) is 28.0. The monoisotopic (exact) mass is 442 g/mol. The molecule has 1 heterocycles. The molecule has 0 radical (unpaired) electrons. The Hall–Kier alpha value is -3.97. The fraction of sp³-hybridized carbons (Fsp3) is 0.0400. The van der Waals surface area contributed by atoms with Crippen molar-refractivity contribution < 1.29 is 18.0 Å². The normalized spacial score (nSPS) is 15.7. The maximum absolute atomic E-state index is 13.9. The van der Waals surface area contributed by atoms with Crippen molar-refractivity contribution >= 4 is 32.7 Å². The number of amides is 3. The van der Waals surface area contributed by atoms with Crippen LogP contribution < -0.4 is 5.32 Å². The first kappa shape index (κ1) is 20.0. The van der Waals surface area contributed by atoms with Crippen LogP contribution in [0.5, 0.6) is 0 Å². The molecule has 4 aromatic rings. The first-order valence-corrected chi connectivity index (χ1v) is 11.4. The highest BCUT2D eigenvalue weighted by Crippen LogP contribution is 2.39. The molecule has 0 aliphatic carbocycles. The third-order valence-electron chi connectivity index (χ3n) is 5.67. The van der Waals surface area contributed by atoms with E-state index in [0.717, 1.165) is 0 Å². The minimum Gasteiger partial charge on any atom is -0.315 e. The Balaban J connectivity index is 1.72. The number of carbonyl (C=O) groups is 2. The van der Waals surface area contributed by atoms with Crippen LogP contribution in [0.25, 0.3) is 10.8 Å². The Morgan fingerprint density at radius 2 is 1.19 bits per heavy atom. The van der Waals surface area contributed by atoms with Gasteiger partial charge in [-0.3, -0.25) is 4.79 Å². The zero-order valence-corrected chi connectivity index (χ0v) is 17.6. The summed E-state index contributed by atoms with van der Waals surface area (Å²) in [5, 5.41) is 3.81. The zero-order chi connectivity index (χ0) is 22.3. The summed E-state index contributed by atoms with van der Waals surface area (Å²) in [5.41, 5.74) is -0.711. The Morgan fingerprint density at radius 3 is 1.81 bits per heavy atom. The molecular weight excluding hydrogens is 424 g/mol. The maximum atomic E-state index is 13.9. The van der Waals surface area contributed by atoms with E-state index in [0.29, 0.717) is 26.2 Å². The summed E-state index contributed by atoms with van der Waals surface area (Å²) < 4.78 is 27.7. The summed E-state index contributed by atoms with van der Waals surface area (Å²) in [7, 11) is -4.48. The van der Waals surface area contributed by atoms with Gasteiger partial charge in [0.25, 0.3) is 15.9 Å². The third kappa shape index (κ3) is 2.82. The van der Waals surface area contributed by atoms with E-state index < -0.39 is 27.5 Å². The molecule has 0 spiro atoms. The predicted octanol–water partition coefficient (Wildman–Crippen LogP) is 4.02. The van der Waals surface area contributed by atoms with Crippen LogP contribution in [0.4, 0.5) is 4.79 Å². The molecule has 0 bridgehead atoms. The van der Waals surface area contributed by atoms with Crippen molar-refractivity contribution in [1.82, 2.24) is 9.62 Å². The topological polar surface area (TPSA) is 83.6 Å². The van der Waals surface area contributed by atoms with Gasteiger partial charge in [-0.05, 0) is 22.6 Å². The number of rotatable bonds is 4. The number of fused-ring (bicyclic) bond motifs is 1. The summed E-state index contributed by atoms with van der Waals surface area (Å²) in [6.07, 6.45) is 0. The molecule has 0 atom stereocenters. The molecule has 1 N–H and O–H groups in total. The second-order valence-electron chi connectivity index (χ2n) is 7.46. The first-order valence-electron chi connectivity index (χ1n) is 9.97. The minimum absolute atomic E-state index is 0.101. The van der Waals surface area contributed by atoms with Crippen molar-refractivity contribution in [2.75, 3.05) is 0 Å². The molecular formula is C25H18N2O4S. The molecule has 4 aromatic carbocycles. The van der Waals surface area contributed by atoms with Crippen molar-refractivity contribution in [2.24, 2.45) is 0 Å². The van der Waals surface area contributed by atoms with Crippen LogP contribution in [0.2, 0.25) is 0 Å². The van der Waals surface area contributed by atoms with E-state index >= 15 is 0 Å². The average Bonchev–Trinajstić information content (AvgIpc) is 3.11. The highest BCUT2D eigenvalue weighted by molar-refractivity contribution is 7.90. The number of hydrogen-bond donors (Lipinski definition) is 1. The molecule has 0 aromatic heterocycles. The summed E-state index contributed by atoms with van der Waals surface area (Å²) in [4.78, 5) is 26.9. The molecule has 1 aliphatic heterocycles. The number of hydrogen-bond acceptors (Lipinski definition) is 4. The number of imide groups is 1. The number of carbonyl (C=O) groups excluding carboxylic acids is 2. The Labute approximate surface area is 185 Å². The number of urea groups is 1. The summed E-state index contributed by atoms with van der Waals surface area (Å²) in [5.74, 6) is -0.868. The molecule has 1 fully saturated rings. The number of nitrogens with one attached hydrogen (secondary N) is 1. The predicted molar refractivity (Wildman–Crippen MR) is 120 cm³/mol. The van der Waals surface area contributed by atoms with E-state index in [2.05, 4.69) is 5.32 Å². The summed E-state index contributed by atoms with van der Waals surface area (Å²) >= 11 is 0. The molecule has 32 heavy (non-hydrogen) atoms. The van der Waals surface area contributed by atoms with Crippen molar-refractivity contribution in [3.63, 3.8) is 0 Å². The Morgan fingerprint density at radius 1 is 0.656 bits per heavy atom. The lowest BCUT2D eigenvalue weighted by Crippen LogP contribution is -2.45. The van der Waals surface area contributed by atoms with Crippen LogP contribution in [0, 0.1) is 0 Å². The van der Waals surface area contributed by atoms with Gasteiger partial charge >= 0.3 is 6.03 Å². The van der Waals surface area contributed by atoms with Gasteiger partial charge in [0.1, 0.15) is 0 Å². The summed E-state index contributed by atoms with van der Waals surface area (Å²) in [6.45, 7) is 0. The number of sulfonamides is 1. The SMILES string of the molecule is O=C1NC(c2ccccc2)(c2ccccc2)C(=O)N1S(=O)(=O)c1cccc2ccccc12. The number of benzene rings is 4. The third-order valence-corrected chi connectivity index (χ3v) is 7.39. The molecule has 6 nitrogen and oxygen atoms in total. The van der Waals surface area contributed by atoms with Gasteiger partial charge < -0.3 is 5.32 Å². The lowest BCUT2D eigenvalue weighted by Gasteiger charge is -2.27. The van der Waals surface area contributed by atoms with Gasteiger partial charge in [-0.1, -0.05) is 97.1 Å². The average molecular weight is 442 g/mol. The molecule has 0 saturated carbocycles. The van der Waals surface area contributed by atoms with Gasteiger partial charge in [-0.2, -0.15) is 0 Å². The quantitative estimate of drug-likeness (QED) is 0.484. The standard InChI is InChI=1S/C25H18N2O4S/c28-23-25(19-12-3-1-4-13-19,20-14-5-2-6-15-20)26-24(29)27(23)32(30,31)22-17-9-11-18-10-7-8-16-21(18)22/h1-17H,(H,26,29). The van der Waals surface area contributed by atoms with Gasteiger partial charge in [0.15, 0.2) is 5.54 Å².